The summed E-state index contributed by atoms with van der Waals surface area (Å²) in [5.41, 5.74) is 3.31. The Labute approximate surface area is 160 Å². The van der Waals surface area contributed by atoms with Crippen molar-refractivity contribution in [1.82, 2.24) is 14.9 Å². The van der Waals surface area contributed by atoms with E-state index in [0.29, 0.717) is 13.2 Å². The molecule has 134 valence electrons. The van der Waals surface area contributed by atoms with E-state index in [-0.39, 0.29) is 0 Å². The van der Waals surface area contributed by atoms with Crippen LogP contribution in [0.1, 0.15) is 16.7 Å². The highest BCUT2D eigenvalue weighted by Gasteiger charge is 2.04. The van der Waals surface area contributed by atoms with Gasteiger partial charge in [0.15, 0.2) is 0 Å². The van der Waals surface area contributed by atoms with Gasteiger partial charge >= 0.3 is 0 Å². The van der Waals surface area contributed by atoms with Crippen molar-refractivity contribution in [3.05, 3.63) is 70.2 Å². The van der Waals surface area contributed by atoms with E-state index in [2.05, 4.69) is 51.1 Å². The van der Waals surface area contributed by atoms with Crippen molar-refractivity contribution in [2.45, 2.75) is 13.8 Å². The largest absolute Gasteiger partial charge is 0.490 e. The van der Waals surface area contributed by atoms with Crippen molar-refractivity contribution < 1.29 is 9.47 Å². The van der Waals surface area contributed by atoms with Crippen LogP contribution in [0.5, 0.6) is 11.5 Å². The summed E-state index contributed by atoms with van der Waals surface area (Å²) in [5, 5.41) is 11.7. The zero-order valence-corrected chi connectivity index (χ0v) is 16.2. The van der Waals surface area contributed by atoms with Gasteiger partial charge in [-0.1, -0.05) is 22.0 Å². The van der Waals surface area contributed by atoms with Crippen LogP contribution in [0.2, 0.25) is 0 Å². The molecule has 0 radical (unpaired) electrons. The van der Waals surface area contributed by atoms with Gasteiger partial charge in [0, 0.05) is 10.0 Å². The summed E-state index contributed by atoms with van der Waals surface area (Å²) >= 11 is 3.47. The van der Waals surface area contributed by atoms with Crippen LogP contribution < -0.4 is 9.47 Å². The van der Waals surface area contributed by atoms with Gasteiger partial charge in [0.05, 0.1) is 6.21 Å². The van der Waals surface area contributed by atoms with Crippen molar-refractivity contribution in [2.75, 3.05) is 13.2 Å². The molecular weight excluding hydrogens is 396 g/mol. The highest BCUT2D eigenvalue weighted by Crippen LogP contribution is 2.22. The summed E-state index contributed by atoms with van der Waals surface area (Å²) in [5.74, 6) is 1.58. The van der Waals surface area contributed by atoms with Gasteiger partial charge < -0.3 is 9.47 Å². The van der Waals surface area contributed by atoms with Crippen LogP contribution in [-0.4, -0.2) is 34.3 Å². The van der Waals surface area contributed by atoms with E-state index in [1.807, 2.05) is 30.3 Å². The number of benzene rings is 2. The number of rotatable bonds is 7. The number of nitrogens with zero attached hydrogens (tertiary/aromatic N) is 4. The number of aryl methyl sites for hydroxylation is 2. The van der Waals surface area contributed by atoms with E-state index >= 15 is 0 Å². The molecule has 0 amide bonds. The molecule has 0 saturated heterocycles. The number of aromatic nitrogens is 3. The maximum atomic E-state index is 5.86. The number of ether oxygens (including phenoxy) is 2. The molecule has 1 heterocycles. The number of halogens is 1. The van der Waals surface area contributed by atoms with Gasteiger partial charge in [0.2, 0.25) is 0 Å². The van der Waals surface area contributed by atoms with Crippen molar-refractivity contribution in [3.8, 4) is 11.5 Å². The van der Waals surface area contributed by atoms with Gasteiger partial charge in [0.1, 0.15) is 37.4 Å². The first-order valence-electron chi connectivity index (χ1n) is 8.13. The van der Waals surface area contributed by atoms with Gasteiger partial charge in [-0.2, -0.15) is 5.10 Å². The maximum absolute atomic E-state index is 5.86. The second kappa shape index (κ2) is 8.62. The Balaban J connectivity index is 1.59. The molecule has 0 N–H and O–H groups in total. The first-order chi connectivity index (χ1) is 12.6. The van der Waals surface area contributed by atoms with Gasteiger partial charge in [-0.05, 0) is 55.3 Å². The lowest BCUT2D eigenvalue weighted by atomic mass is 10.1. The summed E-state index contributed by atoms with van der Waals surface area (Å²) in [6, 6.07) is 11.8. The van der Waals surface area contributed by atoms with Gasteiger partial charge in [-0.3, -0.25) is 0 Å². The molecule has 26 heavy (non-hydrogen) atoms. The molecule has 7 heteroatoms. The van der Waals surface area contributed by atoms with Gasteiger partial charge in [-0.15, -0.1) is 10.2 Å². The lowest BCUT2D eigenvalue weighted by Crippen LogP contribution is -2.10. The Morgan fingerprint density at radius 2 is 1.77 bits per heavy atom. The second-order valence-corrected chi connectivity index (χ2v) is 6.63. The molecule has 1 aromatic heterocycles. The Morgan fingerprint density at radius 1 is 1.00 bits per heavy atom. The van der Waals surface area contributed by atoms with Crippen LogP contribution in [-0.2, 0) is 0 Å². The predicted molar refractivity (Wildman–Crippen MR) is 104 cm³/mol. The maximum Gasteiger partial charge on any atom is 0.141 e. The third-order valence-electron chi connectivity index (χ3n) is 3.80. The lowest BCUT2D eigenvalue weighted by Gasteiger charge is -2.11. The third kappa shape index (κ3) is 4.92. The minimum Gasteiger partial charge on any atom is -0.490 e. The quantitative estimate of drug-likeness (QED) is 0.432. The highest BCUT2D eigenvalue weighted by molar-refractivity contribution is 9.10. The Bertz CT molecular complexity index is 895. The van der Waals surface area contributed by atoms with Crippen LogP contribution in [0.4, 0.5) is 0 Å². The van der Waals surface area contributed by atoms with Crippen molar-refractivity contribution in [3.63, 3.8) is 0 Å². The molecule has 2 aromatic carbocycles. The fourth-order valence-electron chi connectivity index (χ4n) is 2.25. The molecular formula is C19H19BrN4O2. The standard InChI is InChI=1S/C19H19BrN4O2/c1-14-3-5-18(9-15(14)2)25-7-8-26-19-6-4-17(20)10-16(19)11-23-24-12-21-22-13-24/h3-6,9-13H,7-8H2,1-2H3/b23-11-. The summed E-state index contributed by atoms with van der Waals surface area (Å²) in [6.45, 7) is 5.04. The predicted octanol–water partition coefficient (Wildman–Crippen LogP) is 4.00. The fraction of sp³-hybridized carbons (Fsp3) is 0.211. The number of hydrogen-bond donors (Lipinski definition) is 0. The summed E-state index contributed by atoms with van der Waals surface area (Å²) < 4.78 is 14.1. The molecule has 0 bridgehead atoms. The van der Waals surface area contributed by atoms with Crippen LogP contribution >= 0.6 is 15.9 Å². The summed E-state index contributed by atoms with van der Waals surface area (Å²) in [6.07, 6.45) is 4.74. The topological polar surface area (TPSA) is 61.5 Å². The van der Waals surface area contributed by atoms with E-state index in [1.165, 1.54) is 28.5 Å². The van der Waals surface area contributed by atoms with Crippen molar-refractivity contribution in [1.29, 1.82) is 0 Å². The smallest absolute Gasteiger partial charge is 0.141 e. The molecule has 0 spiro atoms. The van der Waals surface area contributed by atoms with Crippen LogP contribution in [0.15, 0.2) is 58.6 Å². The Morgan fingerprint density at radius 3 is 2.54 bits per heavy atom. The Kier molecular flexibility index (Phi) is 6.01. The fourth-order valence-corrected chi connectivity index (χ4v) is 2.63. The average molecular weight is 415 g/mol. The van der Waals surface area contributed by atoms with Crippen LogP contribution in [0, 0.1) is 13.8 Å². The molecule has 0 aliphatic carbocycles. The van der Waals surface area contributed by atoms with E-state index in [1.54, 1.807) is 6.21 Å². The third-order valence-corrected chi connectivity index (χ3v) is 4.29. The zero-order valence-electron chi connectivity index (χ0n) is 14.6. The molecule has 0 fully saturated rings. The molecule has 0 saturated carbocycles. The van der Waals surface area contributed by atoms with Gasteiger partial charge in [0.25, 0.3) is 0 Å². The minimum absolute atomic E-state index is 0.433. The van der Waals surface area contributed by atoms with E-state index < -0.39 is 0 Å². The monoisotopic (exact) mass is 414 g/mol. The van der Waals surface area contributed by atoms with E-state index in [0.717, 1.165) is 21.5 Å². The van der Waals surface area contributed by atoms with Crippen molar-refractivity contribution in [2.24, 2.45) is 5.10 Å². The molecule has 0 aliphatic heterocycles. The summed E-state index contributed by atoms with van der Waals surface area (Å²) in [4.78, 5) is 0. The average Bonchev–Trinajstić information content (AvgIpc) is 3.15. The molecule has 0 aliphatic rings. The first kappa shape index (κ1) is 18.1. The normalized spacial score (nSPS) is 11.0. The molecule has 0 atom stereocenters. The van der Waals surface area contributed by atoms with Crippen LogP contribution in [0.25, 0.3) is 0 Å². The summed E-state index contributed by atoms with van der Waals surface area (Å²) in [7, 11) is 0. The molecule has 3 aromatic rings. The molecule has 6 nitrogen and oxygen atoms in total. The number of hydrogen-bond acceptors (Lipinski definition) is 5. The molecule has 0 unspecified atom stereocenters. The SMILES string of the molecule is Cc1ccc(OCCOc2ccc(Br)cc2/C=N\n2cnnc2)cc1C. The van der Waals surface area contributed by atoms with E-state index in [4.69, 9.17) is 9.47 Å². The molecule has 3 rings (SSSR count). The minimum atomic E-state index is 0.433. The van der Waals surface area contributed by atoms with Crippen molar-refractivity contribution >= 4 is 22.1 Å². The van der Waals surface area contributed by atoms with E-state index in [9.17, 15) is 0 Å². The zero-order chi connectivity index (χ0) is 18.4. The van der Waals surface area contributed by atoms with Crippen LogP contribution in [0.3, 0.4) is 0 Å². The second-order valence-electron chi connectivity index (χ2n) is 5.71. The highest BCUT2D eigenvalue weighted by atomic mass is 79.9. The lowest BCUT2D eigenvalue weighted by molar-refractivity contribution is 0.217. The van der Waals surface area contributed by atoms with Gasteiger partial charge in [-0.25, -0.2) is 4.68 Å². The Hall–Kier alpha value is -2.67. The first-order valence-corrected chi connectivity index (χ1v) is 8.92.